The van der Waals surface area contributed by atoms with Gasteiger partial charge >= 0.3 is 0 Å². The Labute approximate surface area is 194 Å². The van der Waals surface area contributed by atoms with E-state index in [1.807, 2.05) is 0 Å². The van der Waals surface area contributed by atoms with Crippen LogP contribution in [0.2, 0.25) is 0 Å². The van der Waals surface area contributed by atoms with Gasteiger partial charge in [0.05, 0.1) is 16.2 Å². The lowest BCUT2D eigenvalue weighted by Gasteiger charge is -2.15. The number of hydrogen-bond acceptors (Lipinski definition) is 7. The summed E-state index contributed by atoms with van der Waals surface area (Å²) in [5.74, 6) is -2.42. The number of anilines is 1. The zero-order valence-electron chi connectivity index (χ0n) is 15.7. The van der Waals surface area contributed by atoms with Crippen LogP contribution in [0, 0.1) is 0 Å². The fraction of sp³-hybridized carbons (Fsp3) is 0.0500. The molecule has 0 spiro atoms. The molecule has 1 fully saturated rings. The van der Waals surface area contributed by atoms with Crippen LogP contribution in [-0.4, -0.2) is 38.1 Å². The van der Waals surface area contributed by atoms with Gasteiger partial charge in [0.25, 0.3) is 17.7 Å². The molecule has 8 nitrogen and oxygen atoms in total. The number of halogens is 1. The lowest BCUT2D eigenvalue weighted by molar-refractivity contribution is -0.125. The maximum atomic E-state index is 13.1. The first-order valence-corrected chi connectivity index (χ1v) is 10.8. The molecule has 0 aromatic heterocycles. The van der Waals surface area contributed by atoms with Crippen molar-refractivity contribution in [2.75, 3.05) is 4.90 Å². The summed E-state index contributed by atoms with van der Waals surface area (Å²) in [7, 11) is 0. The number of thioether (sulfide) groups is 1. The van der Waals surface area contributed by atoms with Gasteiger partial charge < -0.3 is 5.11 Å². The van der Waals surface area contributed by atoms with Gasteiger partial charge in [0.15, 0.2) is 4.32 Å². The highest BCUT2D eigenvalue weighted by Crippen LogP contribution is 2.45. The van der Waals surface area contributed by atoms with E-state index < -0.39 is 23.6 Å². The maximum Gasteiger partial charge on any atom is 0.286 e. The van der Waals surface area contributed by atoms with Gasteiger partial charge in [-0.2, -0.15) is 5.01 Å². The van der Waals surface area contributed by atoms with Gasteiger partial charge in [-0.25, -0.2) is 4.90 Å². The Morgan fingerprint density at radius 1 is 1.10 bits per heavy atom. The molecule has 2 aliphatic heterocycles. The number of carbonyl (C=O) groups is 4. The van der Waals surface area contributed by atoms with E-state index in [0.29, 0.717) is 15.7 Å². The van der Waals surface area contributed by atoms with Crippen LogP contribution in [0.15, 0.2) is 51.8 Å². The summed E-state index contributed by atoms with van der Waals surface area (Å²) in [5, 5.41) is 10.2. The number of hydrazine groups is 1. The third-order valence-electron chi connectivity index (χ3n) is 4.54. The van der Waals surface area contributed by atoms with Crippen molar-refractivity contribution in [1.82, 2.24) is 10.4 Å². The normalized spacial score (nSPS) is 17.9. The Morgan fingerprint density at radius 3 is 2.42 bits per heavy atom. The summed E-state index contributed by atoms with van der Waals surface area (Å²) in [6.07, 6.45) is 0. The molecule has 0 radical (unpaired) electrons. The number of imide groups is 1. The predicted molar refractivity (Wildman–Crippen MR) is 122 cm³/mol. The van der Waals surface area contributed by atoms with Crippen molar-refractivity contribution in [1.29, 1.82) is 0 Å². The highest BCUT2D eigenvalue weighted by Gasteiger charge is 2.44. The van der Waals surface area contributed by atoms with Crippen molar-refractivity contribution in [3.05, 3.63) is 63.0 Å². The number of hydrogen-bond donors (Lipinski definition) is 2. The van der Waals surface area contributed by atoms with Gasteiger partial charge in [-0.3, -0.25) is 24.6 Å². The van der Waals surface area contributed by atoms with Crippen molar-refractivity contribution < 1.29 is 24.3 Å². The third-order valence-corrected chi connectivity index (χ3v) is 6.41. The van der Waals surface area contributed by atoms with E-state index in [1.54, 1.807) is 18.2 Å². The molecule has 0 bridgehead atoms. The number of benzene rings is 2. The van der Waals surface area contributed by atoms with Gasteiger partial charge in [0.2, 0.25) is 5.91 Å². The Bertz CT molecular complexity index is 1230. The molecule has 4 rings (SSSR count). The second-order valence-electron chi connectivity index (χ2n) is 6.52. The van der Waals surface area contributed by atoms with E-state index in [9.17, 15) is 24.3 Å². The molecule has 11 heteroatoms. The summed E-state index contributed by atoms with van der Waals surface area (Å²) in [5.41, 5.74) is 3.45. The van der Waals surface area contributed by atoms with Crippen molar-refractivity contribution in [3.8, 4) is 5.75 Å². The smallest absolute Gasteiger partial charge is 0.286 e. The standard InChI is InChI=1S/C20H12BrN3O5S2/c1-9(25)23-14-7-4-11(21)8-13(14)15(18(23)28)16-19(29)24(20(30)31-16)22-17(27)10-2-5-12(26)6-3-10/h2-8,26H,1H3,(H,22,27). The molecule has 0 atom stereocenters. The first-order valence-electron chi connectivity index (χ1n) is 8.74. The van der Waals surface area contributed by atoms with Crippen LogP contribution in [0.4, 0.5) is 5.69 Å². The number of carbonyl (C=O) groups excluding carboxylic acids is 4. The number of nitrogens with one attached hydrogen (secondary N) is 1. The van der Waals surface area contributed by atoms with Gasteiger partial charge in [0.1, 0.15) is 5.75 Å². The number of thiocarbonyl (C=S) groups is 1. The number of nitrogens with zero attached hydrogens (tertiary/aromatic N) is 2. The molecular formula is C20H12BrN3O5S2. The topological polar surface area (TPSA) is 107 Å². The highest BCUT2D eigenvalue weighted by atomic mass is 79.9. The zero-order chi connectivity index (χ0) is 22.4. The number of aromatic hydroxyl groups is 1. The van der Waals surface area contributed by atoms with Crippen LogP contribution in [0.1, 0.15) is 22.8 Å². The van der Waals surface area contributed by atoms with E-state index in [1.165, 1.54) is 31.2 Å². The SMILES string of the molecule is CC(=O)N1C(=O)C(=C2SC(=S)N(NC(=O)c3ccc(O)cc3)C2=O)c2cc(Br)ccc21. The van der Waals surface area contributed by atoms with E-state index in [2.05, 4.69) is 21.4 Å². The van der Waals surface area contributed by atoms with Gasteiger partial charge in [-0.05, 0) is 54.7 Å². The molecule has 0 unspecified atom stereocenters. The van der Waals surface area contributed by atoms with Crippen LogP contribution in [0.25, 0.3) is 5.57 Å². The molecule has 0 saturated carbocycles. The first-order chi connectivity index (χ1) is 14.7. The fourth-order valence-electron chi connectivity index (χ4n) is 3.17. The van der Waals surface area contributed by atoms with Crippen LogP contribution in [0.3, 0.4) is 0 Å². The summed E-state index contributed by atoms with van der Waals surface area (Å²) < 4.78 is 0.698. The molecule has 2 aliphatic rings. The Kier molecular flexibility index (Phi) is 5.42. The minimum absolute atomic E-state index is 0.00788. The molecule has 2 aromatic carbocycles. The monoisotopic (exact) mass is 517 g/mol. The summed E-state index contributed by atoms with van der Waals surface area (Å²) in [6, 6.07) is 10.4. The molecule has 4 amide bonds. The van der Waals surface area contributed by atoms with Crippen molar-refractivity contribution >= 4 is 79.1 Å². The molecule has 0 aliphatic carbocycles. The van der Waals surface area contributed by atoms with Crippen LogP contribution in [-0.2, 0) is 14.4 Å². The molecule has 1 saturated heterocycles. The molecule has 31 heavy (non-hydrogen) atoms. The molecule has 2 N–H and O–H groups in total. The van der Waals surface area contributed by atoms with Crippen LogP contribution >= 0.6 is 39.9 Å². The largest absolute Gasteiger partial charge is 0.508 e. The second-order valence-corrected chi connectivity index (χ2v) is 9.08. The molecule has 156 valence electrons. The average molecular weight is 518 g/mol. The quantitative estimate of drug-likeness (QED) is 0.465. The number of fused-ring (bicyclic) bond motifs is 1. The van der Waals surface area contributed by atoms with Crippen molar-refractivity contribution in [3.63, 3.8) is 0 Å². The van der Waals surface area contributed by atoms with Gasteiger partial charge in [-0.15, -0.1) is 0 Å². The van der Waals surface area contributed by atoms with E-state index in [0.717, 1.165) is 21.7 Å². The van der Waals surface area contributed by atoms with E-state index >= 15 is 0 Å². The molecule has 2 aromatic rings. The lowest BCUT2D eigenvalue weighted by Crippen LogP contribution is -2.45. The minimum atomic E-state index is -0.679. The van der Waals surface area contributed by atoms with Gasteiger partial charge in [-0.1, -0.05) is 27.7 Å². The van der Waals surface area contributed by atoms with Crippen molar-refractivity contribution in [2.24, 2.45) is 0 Å². The van der Waals surface area contributed by atoms with Gasteiger partial charge in [0, 0.05) is 22.5 Å². The van der Waals surface area contributed by atoms with E-state index in [-0.39, 0.29) is 26.1 Å². The predicted octanol–water partition coefficient (Wildman–Crippen LogP) is 2.96. The van der Waals surface area contributed by atoms with Crippen LogP contribution < -0.4 is 10.3 Å². The highest BCUT2D eigenvalue weighted by molar-refractivity contribution is 9.10. The number of phenols is 1. The first kappa shape index (κ1) is 21.2. The summed E-state index contributed by atoms with van der Waals surface area (Å²) in [4.78, 5) is 51.7. The maximum absolute atomic E-state index is 13.1. The number of amides is 4. The van der Waals surface area contributed by atoms with E-state index in [4.69, 9.17) is 12.2 Å². The Hall–Kier alpha value is -3.02. The summed E-state index contributed by atoms with van der Waals surface area (Å²) >= 11 is 9.45. The zero-order valence-corrected chi connectivity index (χ0v) is 18.9. The molecule has 2 heterocycles. The lowest BCUT2D eigenvalue weighted by atomic mass is 10.1. The minimum Gasteiger partial charge on any atom is -0.508 e. The Balaban J connectivity index is 1.72. The second kappa shape index (κ2) is 7.91. The Morgan fingerprint density at radius 2 is 1.77 bits per heavy atom. The van der Waals surface area contributed by atoms with Crippen molar-refractivity contribution in [2.45, 2.75) is 6.92 Å². The summed E-state index contributed by atoms with van der Waals surface area (Å²) in [6.45, 7) is 1.26. The average Bonchev–Trinajstić information content (AvgIpc) is 3.15. The fourth-order valence-corrected chi connectivity index (χ4v) is 4.78. The number of phenolic OH excluding ortho intramolecular Hbond substituents is 1. The number of rotatable bonds is 2. The van der Waals surface area contributed by atoms with Crippen LogP contribution in [0.5, 0.6) is 5.75 Å². The third kappa shape index (κ3) is 3.64. The molecular weight excluding hydrogens is 506 g/mol.